The number of nitrogens with zero attached hydrogens (tertiary/aromatic N) is 2. The average Bonchev–Trinajstić information content (AvgIpc) is 2.59. The third-order valence-electron chi connectivity index (χ3n) is 3.46. The maximum Gasteiger partial charge on any atom is 0.0820 e. The van der Waals surface area contributed by atoms with Crippen LogP contribution in [0.4, 0.5) is 0 Å². The van der Waals surface area contributed by atoms with E-state index in [2.05, 4.69) is 17.3 Å². The Labute approximate surface area is 95.8 Å². The fourth-order valence-electron chi connectivity index (χ4n) is 2.50. The summed E-state index contributed by atoms with van der Waals surface area (Å²) in [6, 6.07) is 0. The smallest absolute Gasteiger partial charge is 0.0820 e. The summed E-state index contributed by atoms with van der Waals surface area (Å²) in [4.78, 5) is 0. The van der Waals surface area contributed by atoms with Gasteiger partial charge in [0.1, 0.15) is 0 Å². The molecule has 0 saturated carbocycles. The number of hydrogen-bond donors (Lipinski definition) is 1. The fraction of sp³-hybridized carbons (Fsp3) is 0.727. The van der Waals surface area contributed by atoms with Crippen LogP contribution in [0.1, 0.15) is 31.4 Å². The van der Waals surface area contributed by atoms with Crippen molar-refractivity contribution < 1.29 is 0 Å². The Bertz CT molecular complexity index is 309. The van der Waals surface area contributed by atoms with Crippen LogP contribution in [0.15, 0.2) is 6.20 Å². The zero-order chi connectivity index (χ0) is 10.8. The molecule has 1 saturated heterocycles. The number of aromatic nitrogens is 2. The van der Waals surface area contributed by atoms with Crippen LogP contribution in [-0.2, 0) is 7.05 Å². The quantitative estimate of drug-likeness (QED) is 0.840. The van der Waals surface area contributed by atoms with Gasteiger partial charge in [0, 0.05) is 13.0 Å². The molecule has 1 aromatic rings. The van der Waals surface area contributed by atoms with Gasteiger partial charge in [-0.1, -0.05) is 18.5 Å². The zero-order valence-electron chi connectivity index (χ0n) is 9.33. The summed E-state index contributed by atoms with van der Waals surface area (Å²) >= 11 is 6.16. The molecule has 1 unspecified atom stereocenters. The van der Waals surface area contributed by atoms with Gasteiger partial charge in [0.25, 0.3) is 0 Å². The Morgan fingerprint density at radius 1 is 1.53 bits per heavy atom. The molecular formula is C11H18ClN3. The standard InChI is InChI=1S/C11H18ClN3/c1-8(9-3-5-13-6-4-9)11-10(12)7-14-15(11)2/h7-9,13H,3-6H2,1-2H3. The first-order chi connectivity index (χ1) is 7.20. The Balaban J connectivity index is 2.15. The second-order valence-corrected chi connectivity index (χ2v) is 4.78. The van der Waals surface area contributed by atoms with Crippen molar-refractivity contribution in [1.29, 1.82) is 0 Å². The van der Waals surface area contributed by atoms with E-state index in [1.807, 2.05) is 11.7 Å². The van der Waals surface area contributed by atoms with Crippen LogP contribution in [0.3, 0.4) is 0 Å². The third-order valence-corrected chi connectivity index (χ3v) is 3.75. The summed E-state index contributed by atoms with van der Waals surface area (Å²) < 4.78 is 1.91. The maximum atomic E-state index is 6.16. The summed E-state index contributed by atoms with van der Waals surface area (Å²) in [6.45, 7) is 4.52. The van der Waals surface area contributed by atoms with Crippen LogP contribution in [0, 0.1) is 5.92 Å². The summed E-state index contributed by atoms with van der Waals surface area (Å²) in [7, 11) is 1.97. The molecule has 1 atom stereocenters. The minimum absolute atomic E-state index is 0.507. The molecule has 0 bridgehead atoms. The first-order valence-electron chi connectivity index (χ1n) is 5.58. The number of nitrogens with one attached hydrogen (secondary N) is 1. The lowest BCUT2D eigenvalue weighted by atomic mass is 9.84. The molecule has 2 heterocycles. The lowest BCUT2D eigenvalue weighted by Crippen LogP contribution is -2.30. The molecule has 0 aromatic carbocycles. The summed E-state index contributed by atoms with van der Waals surface area (Å²) in [6.07, 6.45) is 4.22. The van der Waals surface area contributed by atoms with Gasteiger partial charge in [-0.05, 0) is 31.8 Å². The van der Waals surface area contributed by atoms with Crippen molar-refractivity contribution in [2.45, 2.75) is 25.7 Å². The maximum absolute atomic E-state index is 6.16. The molecule has 4 heteroatoms. The molecule has 0 aliphatic carbocycles. The van der Waals surface area contributed by atoms with Crippen LogP contribution in [0.2, 0.25) is 5.02 Å². The van der Waals surface area contributed by atoms with E-state index in [9.17, 15) is 0 Å². The molecule has 84 valence electrons. The Morgan fingerprint density at radius 3 is 2.73 bits per heavy atom. The van der Waals surface area contributed by atoms with Crippen LogP contribution < -0.4 is 5.32 Å². The predicted octanol–water partition coefficient (Wildman–Crippen LogP) is 2.18. The lowest BCUT2D eigenvalue weighted by molar-refractivity contribution is 0.322. The first-order valence-corrected chi connectivity index (χ1v) is 5.96. The highest BCUT2D eigenvalue weighted by atomic mass is 35.5. The highest BCUT2D eigenvalue weighted by Gasteiger charge is 2.25. The average molecular weight is 228 g/mol. The lowest BCUT2D eigenvalue weighted by Gasteiger charge is -2.28. The van der Waals surface area contributed by atoms with Crippen molar-refractivity contribution in [1.82, 2.24) is 15.1 Å². The monoisotopic (exact) mass is 227 g/mol. The highest BCUT2D eigenvalue weighted by Crippen LogP contribution is 2.33. The molecule has 0 radical (unpaired) electrons. The number of hydrogen-bond acceptors (Lipinski definition) is 2. The first kappa shape index (κ1) is 11.0. The second-order valence-electron chi connectivity index (χ2n) is 4.38. The van der Waals surface area contributed by atoms with Gasteiger partial charge in [-0.15, -0.1) is 0 Å². The van der Waals surface area contributed by atoms with Gasteiger partial charge in [-0.3, -0.25) is 4.68 Å². The summed E-state index contributed by atoms with van der Waals surface area (Å²) in [5.41, 5.74) is 1.18. The molecule has 0 amide bonds. The van der Waals surface area contributed by atoms with Gasteiger partial charge >= 0.3 is 0 Å². The van der Waals surface area contributed by atoms with Crippen molar-refractivity contribution in [2.75, 3.05) is 13.1 Å². The molecule has 1 aromatic heterocycles. The molecule has 1 fully saturated rings. The third kappa shape index (κ3) is 2.18. The Morgan fingerprint density at radius 2 is 2.20 bits per heavy atom. The number of piperidine rings is 1. The number of aryl methyl sites for hydroxylation is 1. The van der Waals surface area contributed by atoms with Crippen molar-refractivity contribution in [3.05, 3.63) is 16.9 Å². The fourth-order valence-corrected chi connectivity index (χ4v) is 2.84. The molecule has 0 spiro atoms. The van der Waals surface area contributed by atoms with E-state index >= 15 is 0 Å². The van der Waals surface area contributed by atoms with Gasteiger partial charge in [0.05, 0.1) is 16.9 Å². The van der Waals surface area contributed by atoms with Crippen LogP contribution in [-0.4, -0.2) is 22.9 Å². The van der Waals surface area contributed by atoms with Gasteiger partial charge in [0.15, 0.2) is 0 Å². The van der Waals surface area contributed by atoms with Gasteiger partial charge in [-0.2, -0.15) is 5.10 Å². The molecular weight excluding hydrogens is 210 g/mol. The molecule has 2 rings (SSSR count). The van der Waals surface area contributed by atoms with Crippen LogP contribution >= 0.6 is 11.6 Å². The van der Waals surface area contributed by atoms with E-state index in [0.717, 1.165) is 24.0 Å². The molecule has 1 aliphatic rings. The van der Waals surface area contributed by atoms with Gasteiger partial charge in [-0.25, -0.2) is 0 Å². The van der Waals surface area contributed by atoms with E-state index in [0.29, 0.717) is 5.92 Å². The number of rotatable bonds is 2. The summed E-state index contributed by atoms with van der Waals surface area (Å²) in [5, 5.41) is 8.40. The van der Waals surface area contributed by atoms with Crippen molar-refractivity contribution in [2.24, 2.45) is 13.0 Å². The van der Waals surface area contributed by atoms with Gasteiger partial charge < -0.3 is 5.32 Å². The molecule has 15 heavy (non-hydrogen) atoms. The van der Waals surface area contributed by atoms with Crippen molar-refractivity contribution in [3.8, 4) is 0 Å². The number of halogens is 1. The SMILES string of the molecule is CC(c1c(Cl)cnn1C)C1CCNCC1. The van der Waals surface area contributed by atoms with Gasteiger partial charge in [0.2, 0.25) is 0 Å². The van der Waals surface area contributed by atoms with E-state index in [-0.39, 0.29) is 0 Å². The molecule has 3 nitrogen and oxygen atoms in total. The van der Waals surface area contributed by atoms with Crippen LogP contribution in [0.5, 0.6) is 0 Å². The molecule has 1 aliphatic heterocycles. The molecule has 1 N–H and O–H groups in total. The Hall–Kier alpha value is -0.540. The minimum Gasteiger partial charge on any atom is -0.317 e. The van der Waals surface area contributed by atoms with E-state index in [1.165, 1.54) is 18.5 Å². The van der Waals surface area contributed by atoms with E-state index in [4.69, 9.17) is 11.6 Å². The topological polar surface area (TPSA) is 29.9 Å². The van der Waals surface area contributed by atoms with Crippen molar-refractivity contribution >= 4 is 11.6 Å². The van der Waals surface area contributed by atoms with E-state index in [1.54, 1.807) is 6.20 Å². The van der Waals surface area contributed by atoms with Crippen molar-refractivity contribution in [3.63, 3.8) is 0 Å². The normalized spacial score (nSPS) is 20.5. The van der Waals surface area contributed by atoms with Crippen LogP contribution in [0.25, 0.3) is 0 Å². The largest absolute Gasteiger partial charge is 0.317 e. The summed E-state index contributed by atoms with van der Waals surface area (Å²) in [5.74, 6) is 1.24. The van der Waals surface area contributed by atoms with E-state index < -0.39 is 0 Å². The predicted molar refractivity (Wildman–Crippen MR) is 62.2 cm³/mol. The Kier molecular flexibility index (Phi) is 3.32. The zero-order valence-corrected chi connectivity index (χ0v) is 10.1. The highest BCUT2D eigenvalue weighted by molar-refractivity contribution is 6.31. The minimum atomic E-state index is 0.507. The second kappa shape index (κ2) is 4.54.